The van der Waals surface area contributed by atoms with Gasteiger partial charge in [-0.1, -0.05) is 15.9 Å². The van der Waals surface area contributed by atoms with E-state index in [1.165, 1.54) is 6.07 Å². The molecule has 0 aromatic carbocycles. The van der Waals surface area contributed by atoms with E-state index in [0.29, 0.717) is 14.6 Å². The van der Waals surface area contributed by atoms with Crippen LogP contribution in [0.3, 0.4) is 0 Å². The maximum Gasteiger partial charge on any atom is 0.265 e. The number of aliphatic hydroxyl groups is 1. The van der Waals surface area contributed by atoms with E-state index in [1.807, 2.05) is 22.6 Å². The minimum Gasteiger partial charge on any atom is -0.390 e. The Kier molecular flexibility index (Phi) is 4.65. The van der Waals surface area contributed by atoms with Crippen LogP contribution in [0.4, 0.5) is 8.78 Å². The van der Waals surface area contributed by atoms with Gasteiger partial charge in [-0.2, -0.15) is 0 Å². The molecule has 0 atom stereocenters. The molecule has 14 heavy (non-hydrogen) atoms. The Labute approximate surface area is 102 Å². The van der Waals surface area contributed by atoms with Crippen LogP contribution in [0, 0.1) is 3.57 Å². The summed E-state index contributed by atoms with van der Waals surface area (Å²) in [6.07, 6.45) is -2.53. The molecular weight excluding hydrogens is 371 g/mol. The lowest BCUT2D eigenvalue weighted by Gasteiger charge is -2.09. The second-order valence-electron chi connectivity index (χ2n) is 2.56. The summed E-state index contributed by atoms with van der Waals surface area (Å²) < 4.78 is 25.5. The van der Waals surface area contributed by atoms with Gasteiger partial charge in [0, 0.05) is 14.5 Å². The highest BCUT2D eigenvalue weighted by Gasteiger charge is 2.16. The quantitative estimate of drug-likeness (QED) is 0.648. The summed E-state index contributed by atoms with van der Waals surface area (Å²) in [6.45, 7) is -0.323. The van der Waals surface area contributed by atoms with Crippen molar-refractivity contribution in [2.45, 2.75) is 18.4 Å². The van der Waals surface area contributed by atoms with Gasteiger partial charge in [0.2, 0.25) is 0 Å². The topological polar surface area (TPSA) is 33.1 Å². The molecule has 0 amide bonds. The van der Waals surface area contributed by atoms with Crippen molar-refractivity contribution in [1.29, 1.82) is 0 Å². The predicted molar refractivity (Wildman–Crippen MR) is 60.5 cm³/mol. The number of pyridine rings is 1. The molecule has 0 aliphatic rings. The maximum absolute atomic E-state index is 12.5. The molecule has 0 fully saturated rings. The number of aliphatic hydroxyl groups excluding tert-OH is 1. The Morgan fingerprint density at radius 3 is 2.64 bits per heavy atom. The van der Waals surface area contributed by atoms with Gasteiger partial charge in [-0.3, -0.25) is 4.98 Å². The van der Waals surface area contributed by atoms with Crippen LogP contribution in [0.1, 0.15) is 23.4 Å². The normalized spacial score (nSPS) is 11.0. The Balaban J connectivity index is 3.27. The van der Waals surface area contributed by atoms with E-state index >= 15 is 0 Å². The number of nitrogens with zero attached hydrogens (tertiary/aromatic N) is 1. The molecule has 1 heterocycles. The van der Waals surface area contributed by atoms with Crippen LogP contribution in [0.5, 0.6) is 0 Å². The summed E-state index contributed by atoms with van der Waals surface area (Å²) in [5.41, 5.74) is 0.738. The Morgan fingerprint density at radius 2 is 2.21 bits per heavy atom. The molecule has 1 aromatic rings. The zero-order valence-corrected chi connectivity index (χ0v) is 10.7. The molecule has 1 aromatic heterocycles. The van der Waals surface area contributed by atoms with Crippen molar-refractivity contribution in [2.75, 3.05) is 0 Å². The molecule has 0 unspecified atom stereocenters. The van der Waals surface area contributed by atoms with Crippen LogP contribution < -0.4 is 0 Å². The third-order valence-electron chi connectivity index (χ3n) is 1.63. The highest BCUT2D eigenvalue weighted by Crippen LogP contribution is 2.27. The third-order valence-corrected chi connectivity index (χ3v) is 3.41. The van der Waals surface area contributed by atoms with Gasteiger partial charge < -0.3 is 5.11 Å². The molecule has 0 saturated heterocycles. The SMILES string of the molecule is OCc1cc(C(F)F)c(I)c(CBr)n1. The molecule has 0 saturated carbocycles. The van der Waals surface area contributed by atoms with Crippen LogP contribution in [-0.2, 0) is 11.9 Å². The first-order chi connectivity index (χ1) is 6.60. The number of alkyl halides is 3. The summed E-state index contributed by atoms with van der Waals surface area (Å²) in [5.74, 6) is 0. The fraction of sp³-hybridized carbons (Fsp3) is 0.375. The van der Waals surface area contributed by atoms with Crippen molar-refractivity contribution >= 4 is 38.5 Å². The highest BCUT2D eigenvalue weighted by atomic mass is 127. The van der Waals surface area contributed by atoms with E-state index in [9.17, 15) is 8.78 Å². The Hall–Kier alpha value is 0.180. The second-order valence-corrected chi connectivity index (χ2v) is 4.20. The fourth-order valence-corrected chi connectivity index (χ4v) is 2.62. The summed E-state index contributed by atoms with van der Waals surface area (Å²) in [4.78, 5) is 4.01. The van der Waals surface area contributed by atoms with Crippen molar-refractivity contribution in [1.82, 2.24) is 4.98 Å². The lowest BCUT2D eigenvalue weighted by atomic mass is 10.2. The lowest BCUT2D eigenvalue weighted by Crippen LogP contribution is -2.02. The van der Waals surface area contributed by atoms with Crippen LogP contribution in [-0.4, -0.2) is 10.1 Å². The third kappa shape index (κ3) is 2.60. The zero-order valence-electron chi connectivity index (χ0n) is 6.98. The summed E-state index contributed by atoms with van der Waals surface area (Å²) >= 11 is 5.00. The number of aromatic nitrogens is 1. The highest BCUT2D eigenvalue weighted by molar-refractivity contribution is 14.1. The average Bonchev–Trinajstić information content (AvgIpc) is 2.17. The number of rotatable bonds is 3. The smallest absolute Gasteiger partial charge is 0.265 e. The first-order valence-corrected chi connectivity index (χ1v) is 5.93. The first-order valence-electron chi connectivity index (χ1n) is 3.73. The van der Waals surface area contributed by atoms with Crippen LogP contribution in [0.15, 0.2) is 6.07 Å². The Morgan fingerprint density at radius 1 is 1.57 bits per heavy atom. The number of hydrogen-bond donors (Lipinski definition) is 1. The molecule has 0 aliphatic carbocycles. The minimum atomic E-state index is -2.53. The van der Waals surface area contributed by atoms with E-state index in [1.54, 1.807) is 0 Å². The van der Waals surface area contributed by atoms with Crippen molar-refractivity contribution < 1.29 is 13.9 Å². The van der Waals surface area contributed by atoms with Gasteiger partial charge in [0.25, 0.3) is 6.43 Å². The fourth-order valence-electron chi connectivity index (χ4n) is 0.993. The van der Waals surface area contributed by atoms with Crippen LogP contribution >= 0.6 is 38.5 Å². The zero-order chi connectivity index (χ0) is 10.7. The van der Waals surface area contributed by atoms with E-state index < -0.39 is 6.43 Å². The van der Waals surface area contributed by atoms with E-state index in [0.717, 1.165) is 0 Å². The summed E-state index contributed by atoms with van der Waals surface area (Å²) in [7, 11) is 0. The van der Waals surface area contributed by atoms with Crippen molar-refractivity contribution in [3.63, 3.8) is 0 Å². The molecular formula is C8H7BrF2INO. The largest absolute Gasteiger partial charge is 0.390 e. The summed E-state index contributed by atoms with van der Waals surface area (Å²) in [6, 6.07) is 1.23. The molecule has 1 rings (SSSR count). The molecule has 6 heteroatoms. The average molecular weight is 378 g/mol. The van der Waals surface area contributed by atoms with Crippen LogP contribution in [0.25, 0.3) is 0 Å². The van der Waals surface area contributed by atoms with Gasteiger partial charge in [-0.15, -0.1) is 0 Å². The molecule has 1 N–H and O–H groups in total. The van der Waals surface area contributed by atoms with Gasteiger partial charge in [0.05, 0.1) is 18.0 Å². The van der Waals surface area contributed by atoms with Gasteiger partial charge in [-0.05, 0) is 28.7 Å². The van der Waals surface area contributed by atoms with Crippen molar-refractivity contribution in [3.8, 4) is 0 Å². The molecule has 0 spiro atoms. The van der Waals surface area contributed by atoms with Crippen molar-refractivity contribution in [2.24, 2.45) is 0 Å². The van der Waals surface area contributed by atoms with Crippen LogP contribution in [0.2, 0.25) is 0 Å². The standard InChI is InChI=1S/C8H7BrF2INO/c9-2-6-7(12)5(8(10)11)1-4(3-14)13-6/h1,8,14H,2-3H2. The predicted octanol–water partition coefficient (Wildman–Crippen LogP) is 3.01. The lowest BCUT2D eigenvalue weighted by molar-refractivity contribution is 0.149. The van der Waals surface area contributed by atoms with Gasteiger partial charge in [-0.25, -0.2) is 8.78 Å². The molecule has 0 aliphatic heterocycles. The Bertz CT molecular complexity index is 335. The van der Waals surface area contributed by atoms with Gasteiger partial charge in [0.15, 0.2) is 0 Å². The van der Waals surface area contributed by atoms with E-state index in [2.05, 4.69) is 20.9 Å². The molecule has 78 valence electrons. The maximum atomic E-state index is 12.5. The first kappa shape index (κ1) is 12.3. The van der Waals surface area contributed by atoms with Crippen molar-refractivity contribution in [3.05, 3.63) is 26.6 Å². The van der Waals surface area contributed by atoms with E-state index in [-0.39, 0.29) is 17.9 Å². The molecule has 0 radical (unpaired) electrons. The molecule has 0 bridgehead atoms. The summed E-state index contributed by atoms with van der Waals surface area (Å²) in [5, 5.41) is 9.23. The number of halogens is 4. The number of hydrogen-bond acceptors (Lipinski definition) is 2. The minimum absolute atomic E-state index is 0.0703. The van der Waals surface area contributed by atoms with Gasteiger partial charge >= 0.3 is 0 Å². The van der Waals surface area contributed by atoms with Gasteiger partial charge in [0.1, 0.15) is 0 Å². The molecule has 2 nitrogen and oxygen atoms in total. The monoisotopic (exact) mass is 377 g/mol. The van der Waals surface area contributed by atoms with E-state index in [4.69, 9.17) is 5.11 Å². The second kappa shape index (κ2) is 5.32.